The summed E-state index contributed by atoms with van der Waals surface area (Å²) in [6.07, 6.45) is 0. The third-order valence-electron chi connectivity index (χ3n) is 2.17. The molecule has 2 nitrogen and oxygen atoms in total. The van der Waals surface area contributed by atoms with E-state index in [-0.39, 0.29) is 11.3 Å². The third kappa shape index (κ3) is 2.69. The van der Waals surface area contributed by atoms with Crippen LogP contribution in [0.4, 0.5) is 14.5 Å². The van der Waals surface area contributed by atoms with E-state index < -0.39 is 11.6 Å². The molecular formula is C12H14F2N2. The molecule has 0 atom stereocenters. The number of rotatable bonds is 3. The molecule has 0 N–H and O–H groups in total. The van der Waals surface area contributed by atoms with E-state index in [1.165, 1.54) is 4.90 Å². The molecule has 16 heavy (non-hydrogen) atoms. The van der Waals surface area contributed by atoms with Crippen LogP contribution in [-0.4, -0.2) is 13.6 Å². The van der Waals surface area contributed by atoms with Crippen LogP contribution in [0.3, 0.4) is 0 Å². The van der Waals surface area contributed by atoms with Crippen molar-refractivity contribution < 1.29 is 8.78 Å². The Kier molecular flexibility index (Phi) is 3.83. The van der Waals surface area contributed by atoms with Crippen LogP contribution in [0.2, 0.25) is 0 Å². The van der Waals surface area contributed by atoms with Gasteiger partial charge in [-0.3, -0.25) is 0 Å². The van der Waals surface area contributed by atoms with Gasteiger partial charge in [0, 0.05) is 13.6 Å². The van der Waals surface area contributed by atoms with Crippen LogP contribution in [0, 0.1) is 28.9 Å². The maximum Gasteiger partial charge on any atom is 0.150 e. The molecule has 0 aliphatic rings. The number of anilines is 1. The van der Waals surface area contributed by atoms with Crippen LogP contribution in [0.1, 0.15) is 19.4 Å². The number of halogens is 2. The number of nitrogens with zero attached hydrogens (tertiary/aromatic N) is 2. The van der Waals surface area contributed by atoms with Gasteiger partial charge in [-0.1, -0.05) is 13.8 Å². The highest BCUT2D eigenvalue weighted by Crippen LogP contribution is 2.24. The molecule has 0 aliphatic carbocycles. The lowest BCUT2D eigenvalue weighted by Crippen LogP contribution is -2.24. The summed E-state index contributed by atoms with van der Waals surface area (Å²) in [5.41, 5.74) is -0.0793. The largest absolute Gasteiger partial charge is 0.370 e. The van der Waals surface area contributed by atoms with Gasteiger partial charge in [-0.15, -0.1) is 0 Å². The molecule has 0 radical (unpaired) electrons. The van der Waals surface area contributed by atoms with Gasteiger partial charge in [-0.05, 0) is 18.1 Å². The highest BCUT2D eigenvalue weighted by molar-refractivity contribution is 5.52. The van der Waals surface area contributed by atoms with Gasteiger partial charge in [0.2, 0.25) is 0 Å². The van der Waals surface area contributed by atoms with Gasteiger partial charge in [-0.2, -0.15) is 5.26 Å². The minimum atomic E-state index is -0.695. The zero-order valence-corrected chi connectivity index (χ0v) is 9.59. The molecule has 1 aromatic rings. The lowest BCUT2D eigenvalue weighted by Gasteiger charge is -2.22. The second-order valence-corrected chi connectivity index (χ2v) is 4.17. The average molecular weight is 224 g/mol. The van der Waals surface area contributed by atoms with Crippen molar-refractivity contribution in [3.63, 3.8) is 0 Å². The molecule has 0 amide bonds. The van der Waals surface area contributed by atoms with Crippen LogP contribution in [0.25, 0.3) is 0 Å². The summed E-state index contributed by atoms with van der Waals surface area (Å²) in [5, 5.41) is 8.56. The first-order chi connectivity index (χ1) is 7.45. The van der Waals surface area contributed by atoms with E-state index in [1.807, 2.05) is 13.8 Å². The standard InChI is InChI=1S/C12H14F2N2/c1-8(2)7-16(3)12-10(13)4-9(6-15)5-11(12)14/h4-5,8H,7H2,1-3H3. The SMILES string of the molecule is CC(C)CN(C)c1c(F)cc(C#N)cc1F. The van der Waals surface area contributed by atoms with Crippen LogP contribution in [0.15, 0.2) is 12.1 Å². The van der Waals surface area contributed by atoms with Gasteiger partial charge in [0.05, 0.1) is 11.6 Å². The van der Waals surface area contributed by atoms with E-state index in [1.54, 1.807) is 13.1 Å². The normalized spacial score (nSPS) is 10.3. The molecule has 0 saturated heterocycles. The fourth-order valence-corrected chi connectivity index (χ4v) is 1.63. The van der Waals surface area contributed by atoms with Crippen LogP contribution >= 0.6 is 0 Å². The van der Waals surface area contributed by atoms with Crippen molar-refractivity contribution in [2.75, 3.05) is 18.5 Å². The predicted molar refractivity (Wildman–Crippen MR) is 59.2 cm³/mol. The molecule has 0 unspecified atom stereocenters. The maximum atomic E-state index is 13.6. The van der Waals surface area contributed by atoms with Crippen molar-refractivity contribution in [2.45, 2.75) is 13.8 Å². The van der Waals surface area contributed by atoms with E-state index in [2.05, 4.69) is 0 Å². The first-order valence-corrected chi connectivity index (χ1v) is 5.06. The molecule has 0 aliphatic heterocycles. The topological polar surface area (TPSA) is 27.0 Å². The van der Waals surface area contributed by atoms with Crippen molar-refractivity contribution in [2.24, 2.45) is 5.92 Å². The molecule has 0 bridgehead atoms. The van der Waals surface area contributed by atoms with Crippen molar-refractivity contribution in [1.82, 2.24) is 0 Å². The first kappa shape index (κ1) is 12.4. The Morgan fingerprint density at radius 2 is 1.81 bits per heavy atom. The lowest BCUT2D eigenvalue weighted by atomic mass is 10.1. The number of hydrogen-bond donors (Lipinski definition) is 0. The quantitative estimate of drug-likeness (QED) is 0.789. The Balaban J connectivity index is 3.10. The Labute approximate surface area is 94.1 Å². The second kappa shape index (κ2) is 4.93. The number of nitriles is 1. The first-order valence-electron chi connectivity index (χ1n) is 5.06. The summed E-state index contributed by atoms with van der Waals surface area (Å²) >= 11 is 0. The van der Waals surface area contributed by atoms with Gasteiger partial charge in [0.1, 0.15) is 5.69 Å². The Hall–Kier alpha value is -1.63. The molecule has 1 rings (SSSR count). The molecule has 0 aromatic heterocycles. The highest BCUT2D eigenvalue weighted by Gasteiger charge is 2.15. The minimum Gasteiger partial charge on any atom is -0.370 e. The van der Waals surface area contributed by atoms with E-state index in [9.17, 15) is 8.78 Å². The van der Waals surface area contributed by atoms with E-state index in [4.69, 9.17) is 5.26 Å². The maximum absolute atomic E-state index is 13.6. The molecule has 0 spiro atoms. The Morgan fingerprint density at radius 1 is 1.31 bits per heavy atom. The second-order valence-electron chi connectivity index (χ2n) is 4.17. The Morgan fingerprint density at radius 3 is 2.19 bits per heavy atom. The van der Waals surface area contributed by atoms with E-state index in [0.717, 1.165) is 12.1 Å². The summed E-state index contributed by atoms with van der Waals surface area (Å²) in [5.74, 6) is -1.08. The summed E-state index contributed by atoms with van der Waals surface area (Å²) in [4.78, 5) is 1.52. The Bertz CT molecular complexity index is 399. The molecule has 0 fully saturated rings. The van der Waals surface area contributed by atoms with Crippen LogP contribution in [0.5, 0.6) is 0 Å². The zero-order valence-electron chi connectivity index (χ0n) is 9.59. The van der Waals surface area contributed by atoms with Crippen molar-refractivity contribution >= 4 is 5.69 Å². The third-order valence-corrected chi connectivity index (χ3v) is 2.17. The van der Waals surface area contributed by atoms with Crippen LogP contribution < -0.4 is 4.90 Å². The van der Waals surface area contributed by atoms with Crippen molar-refractivity contribution in [1.29, 1.82) is 5.26 Å². The number of benzene rings is 1. The van der Waals surface area contributed by atoms with E-state index in [0.29, 0.717) is 12.5 Å². The minimum absolute atomic E-state index is 0.00306. The van der Waals surface area contributed by atoms with Gasteiger partial charge < -0.3 is 4.90 Å². The summed E-state index contributed by atoms with van der Waals surface area (Å²) < 4.78 is 27.1. The zero-order chi connectivity index (χ0) is 12.3. The highest BCUT2D eigenvalue weighted by atomic mass is 19.1. The van der Waals surface area contributed by atoms with Gasteiger partial charge in [0.25, 0.3) is 0 Å². The molecule has 0 heterocycles. The average Bonchev–Trinajstić information content (AvgIpc) is 2.15. The van der Waals surface area contributed by atoms with Gasteiger partial charge in [0.15, 0.2) is 11.6 Å². The fourth-order valence-electron chi connectivity index (χ4n) is 1.63. The monoisotopic (exact) mass is 224 g/mol. The summed E-state index contributed by atoms with van der Waals surface area (Å²) in [7, 11) is 1.63. The van der Waals surface area contributed by atoms with Gasteiger partial charge >= 0.3 is 0 Å². The molecule has 1 aromatic carbocycles. The number of hydrogen-bond acceptors (Lipinski definition) is 2. The lowest BCUT2D eigenvalue weighted by molar-refractivity contribution is 0.560. The predicted octanol–water partition coefficient (Wildman–Crippen LogP) is 2.93. The van der Waals surface area contributed by atoms with Crippen molar-refractivity contribution in [3.8, 4) is 6.07 Å². The smallest absolute Gasteiger partial charge is 0.150 e. The molecular weight excluding hydrogens is 210 g/mol. The van der Waals surface area contributed by atoms with Crippen molar-refractivity contribution in [3.05, 3.63) is 29.3 Å². The van der Waals surface area contributed by atoms with Gasteiger partial charge in [-0.25, -0.2) is 8.78 Å². The fraction of sp³-hybridized carbons (Fsp3) is 0.417. The molecule has 86 valence electrons. The van der Waals surface area contributed by atoms with Crippen LogP contribution in [-0.2, 0) is 0 Å². The molecule has 0 saturated carbocycles. The summed E-state index contributed by atoms with van der Waals surface area (Å²) in [6.45, 7) is 4.49. The van der Waals surface area contributed by atoms with E-state index >= 15 is 0 Å². The molecule has 4 heteroatoms. The summed E-state index contributed by atoms with van der Waals surface area (Å²) in [6, 6.07) is 3.82.